The van der Waals surface area contributed by atoms with Gasteiger partial charge in [0.15, 0.2) is 11.5 Å². The predicted octanol–water partition coefficient (Wildman–Crippen LogP) is 1.78. The van der Waals surface area contributed by atoms with Crippen molar-refractivity contribution >= 4 is 11.8 Å². The van der Waals surface area contributed by atoms with E-state index in [2.05, 4.69) is 0 Å². The SMILES string of the molecule is CC(=O)N(CC(=O)N1CCCCC1)Cc1ccc2c(c1)OCO2. The Labute approximate surface area is 136 Å². The minimum atomic E-state index is -0.104. The Hall–Kier alpha value is -2.24. The van der Waals surface area contributed by atoms with Crippen molar-refractivity contribution < 1.29 is 19.1 Å². The van der Waals surface area contributed by atoms with Gasteiger partial charge in [-0.2, -0.15) is 0 Å². The minimum absolute atomic E-state index is 0.0284. The van der Waals surface area contributed by atoms with Gasteiger partial charge in [-0.05, 0) is 37.0 Å². The van der Waals surface area contributed by atoms with Crippen LogP contribution in [0.2, 0.25) is 0 Å². The molecule has 2 amide bonds. The Morgan fingerprint density at radius 2 is 1.87 bits per heavy atom. The molecule has 0 atom stereocenters. The molecule has 1 aromatic carbocycles. The topological polar surface area (TPSA) is 59.1 Å². The highest BCUT2D eigenvalue weighted by molar-refractivity contribution is 5.83. The first-order valence-corrected chi connectivity index (χ1v) is 8.05. The molecule has 124 valence electrons. The highest BCUT2D eigenvalue weighted by atomic mass is 16.7. The molecule has 1 fully saturated rings. The summed E-state index contributed by atoms with van der Waals surface area (Å²) in [4.78, 5) is 27.7. The van der Waals surface area contributed by atoms with E-state index in [1.165, 1.54) is 13.3 Å². The van der Waals surface area contributed by atoms with Gasteiger partial charge < -0.3 is 19.3 Å². The maximum Gasteiger partial charge on any atom is 0.242 e. The number of hydrogen-bond donors (Lipinski definition) is 0. The van der Waals surface area contributed by atoms with E-state index >= 15 is 0 Å². The Morgan fingerprint density at radius 1 is 1.13 bits per heavy atom. The molecule has 0 aliphatic carbocycles. The third-order valence-electron chi connectivity index (χ3n) is 4.29. The maximum atomic E-state index is 12.4. The van der Waals surface area contributed by atoms with Gasteiger partial charge in [-0.1, -0.05) is 6.07 Å². The van der Waals surface area contributed by atoms with Gasteiger partial charge in [0.05, 0.1) is 0 Å². The fraction of sp³-hybridized carbons (Fsp3) is 0.529. The van der Waals surface area contributed by atoms with E-state index in [-0.39, 0.29) is 25.2 Å². The summed E-state index contributed by atoms with van der Waals surface area (Å²) in [5.41, 5.74) is 0.927. The van der Waals surface area contributed by atoms with E-state index in [9.17, 15) is 9.59 Å². The van der Waals surface area contributed by atoms with Crippen molar-refractivity contribution in [2.75, 3.05) is 26.4 Å². The number of nitrogens with zero attached hydrogens (tertiary/aromatic N) is 2. The lowest BCUT2D eigenvalue weighted by atomic mass is 10.1. The van der Waals surface area contributed by atoms with Gasteiger partial charge in [0, 0.05) is 26.6 Å². The Morgan fingerprint density at radius 3 is 2.61 bits per heavy atom. The molecule has 0 bridgehead atoms. The third kappa shape index (κ3) is 3.75. The number of carbonyl (C=O) groups is 2. The molecule has 23 heavy (non-hydrogen) atoms. The highest BCUT2D eigenvalue weighted by Gasteiger charge is 2.21. The number of carbonyl (C=O) groups excluding carboxylic acids is 2. The fourth-order valence-electron chi connectivity index (χ4n) is 2.94. The molecule has 0 saturated carbocycles. The molecular weight excluding hydrogens is 296 g/mol. The summed E-state index contributed by atoms with van der Waals surface area (Å²) in [7, 11) is 0. The van der Waals surface area contributed by atoms with Crippen molar-refractivity contribution in [3.05, 3.63) is 23.8 Å². The number of likely N-dealkylation sites (tertiary alicyclic amines) is 1. The number of hydrogen-bond acceptors (Lipinski definition) is 4. The van der Waals surface area contributed by atoms with Crippen molar-refractivity contribution in [2.45, 2.75) is 32.7 Å². The zero-order valence-corrected chi connectivity index (χ0v) is 13.4. The van der Waals surface area contributed by atoms with Gasteiger partial charge in [0.2, 0.25) is 18.6 Å². The summed E-state index contributed by atoms with van der Waals surface area (Å²) in [5.74, 6) is 1.33. The molecule has 1 saturated heterocycles. The smallest absolute Gasteiger partial charge is 0.242 e. The lowest BCUT2D eigenvalue weighted by molar-refractivity contribution is -0.140. The van der Waals surface area contributed by atoms with Crippen LogP contribution >= 0.6 is 0 Å². The van der Waals surface area contributed by atoms with E-state index in [0.29, 0.717) is 18.0 Å². The summed E-state index contributed by atoms with van der Waals surface area (Å²) in [6.45, 7) is 3.84. The van der Waals surface area contributed by atoms with Crippen molar-refractivity contribution in [2.24, 2.45) is 0 Å². The van der Waals surface area contributed by atoms with Crippen LogP contribution in [0.3, 0.4) is 0 Å². The summed E-state index contributed by atoms with van der Waals surface area (Å²) >= 11 is 0. The summed E-state index contributed by atoms with van der Waals surface area (Å²) < 4.78 is 10.6. The first-order valence-electron chi connectivity index (χ1n) is 8.05. The lowest BCUT2D eigenvalue weighted by Crippen LogP contribution is -2.43. The monoisotopic (exact) mass is 318 g/mol. The van der Waals surface area contributed by atoms with Crippen LogP contribution in [0.15, 0.2) is 18.2 Å². The minimum Gasteiger partial charge on any atom is -0.454 e. The number of fused-ring (bicyclic) bond motifs is 1. The van der Waals surface area contributed by atoms with Gasteiger partial charge in [-0.15, -0.1) is 0 Å². The van der Waals surface area contributed by atoms with Crippen LogP contribution in [-0.2, 0) is 16.1 Å². The van der Waals surface area contributed by atoms with Crippen LogP contribution in [0.25, 0.3) is 0 Å². The number of rotatable bonds is 4. The summed E-state index contributed by atoms with van der Waals surface area (Å²) in [6.07, 6.45) is 3.28. The average Bonchev–Trinajstić information content (AvgIpc) is 3.02. The number of amides is 2. The summed E-state index contributed by atoms with van der Waals surface area (Å²) in [6, 6.07) is 5.60. The van der Waals surface area contributed by atoms with E-state index in [1.807, 2.05) is 23.1 Å². The van der Waals surface area contributed by atoms with Gasteiger partial charge >= 0.3 is 0 Å². The second-order valence-corrected chi connectivity index (χ2v) is 6.00. The van der Waals surface area contributed by atoms with Crippen LogP contribution < -0.4 is 9.47 Å². The Kier molecular flexibility index (Phi) is 4.69. The zero-order valence-electron chi connectivity index (χ0n) is 13.4. The molecule has 1 aromatic rings. The van der Waals surface area contributed by atoms with Gasteiger partial charge in [-0.25, -0.2) is 0 Å². The van der Waals surface area contributed by atoms with Crippen LogP contribution in [0.4, 0.5) is 0 Å². The van der Waals surface area contributed by atoms with Gasteiger partial charge in [0.25, 0.3) is 0 Å². The average molecular weight is 318 g/mol. The largest absolute Gasteiger partial charge is 0.454 e. The van der Waals surface area contributed by atoms with Crippen molar-refractivity contribution in [3.8, 4) is 11.5 Å². The first kappa shape index (κ1) is 15.6. The van der Waals surface area contributed by atoms with E-state index in [0.717, 1.165) is 31.5 Å². The lowest BCUT2D eigenvalue weighted by Gasteiger charge is -2.29. The molecule has 0 N–H and O–H groups in total. The van der Waals surface area contributed by atoms with Gasteiger partial charge in [0.1, 0.15) is 6.54 Å². The number of benzene rings is 1. The standard InChI is InChI=1S/C17H22N2O4/c1-13(20)19(11-17(21)18-7-3-2-4-8-18)10-14-5-6-15-16(9-14)23-12-22-15/h5-6,9H,2-4,7-8,10-12H2,1H3. The molecule has 6 nitrogen and oxygen atoms in total. The van der Waals surface area contributed by atoms with Crippen LogP contribution in [-0.4, -0.2) is 48.0 Å². The van der Waals surface area contributed by atoms with Crippen LogP contribution in [0.1, 0.15) is 31.7 Å². The zero-order chi connectivity index (χ0) is 16.2. The molecular formula is C17H22N2O4. The number of ether oxygens (including phenoxy) is 2. The Bertz CT molecular complexity index is 596. The van der Waals surface area contributed by atoms with E-state index in [4.69, 9.17) is 9.47 Å². The third-order valence-corrected chi connectivity index (χ3v) is 4.29. The molecule has 2 aliphatic rings. The highest BCUT2D eigenvalue weighted by Crippen LogP contribution is 2.32. The normalized spacial score (nSPS) is 16.3. The predicted molar refractivity (Wildman–Crippen MR) is 84.1 cm³/mol. The van der Waals surface area contributed by atoms with Crippen molar-refractivity contribution in [1.29, 1.82) is 0 Å². The van der Waals surface area contributed by atoms with E-state index < -0.39 is 0 Å². The second-order valence-electron chi connectivity index (χ2n) is 6.00. The number of piperidine rings is 1. The van der Waals surface area contributed by atoms with Gasteiger partial charge in [-0.3, -0.25) is 9.59 Å². The first-order chi connectivity index (χ1) is 11.1. The second kappa shape index (κ2) is 6.89. The maximum absolute atomic E-state index is 12.4. The molecule has 2 heterocycles. The summed E-state index contributed by atoms with van der Waals surface area (Å²) in [5, 5.41) is 0. The van der Waals surface area contributed by atoms with Crippen molar-refractivity contribution in [1.82, 2.24) is 9.80 Å². The molecule has 0 radical (unpaired) electrons. The quantitative estimate of drug-likeness (QED) is 0.849. The molecule has 0 spiro atoms. The van der Waals surface area contributed by atoms with Crippen LogP contribution in [0, 0.1) is 0 Å². The molecule has 2 aliphatic heterocycles. The van der Waals surface area contributed by atoms with E-state index in [1.54, 1.807) is 4.90 Å². The molecule has 3 rings (SSSR count). The molecule has 6 heteroatoms. The fourth-order valence-corrected chi connectivity index (χ4v) is 2.94. The van der Waals surface area contributed by atoms with Crippen molar-refractivity contribution in [3.63, 3.8) is 0 Å². The molecule has 0 aromatic heterocycles. The Balaban J connectivity index is 1.64. The molecule has 0 unspecified atom stereocenters. The van der Waals surface area contributed by atoms with Crippen LogP contribution in [0.5, 0.6) is 11.5 Å².